The van der Waals surface area contributed by atoms with Crippen molar-refractivity contribution in [3.8, 4) is 11.5 Å². The van der Waals surface area contributed by atoms with Crippen molar-refractivity contribution in [3.05, 3.63) is 34.5 Å². The lowest BCUT2D eigenvalue weighted by atomic mass is 10.1. The van der Waals surface area contributed by atoms with Gasteiger partial charge < -0.3 is 14.8 Å². The molecule has 6 heteroatoms. The molecule has 1 atom stereocenters. The van der Waals surface area contributed by atoms with Gasteiger partial charge in [-0.25, -0.2) is 0 Å². The zero-order valence-corrected chi connectivity index (χ0v) is 9.14. The van der Waals surface area contributed by atoms with Gasteiger partial charge in [-0.1, -0.05) is 5.16 Å². The van der Waals surface area contributed by atoms with Crippen LogP contribution in [0.25, 0.3) is 11.5 Å². The number of H-pyrrole nitrogens is 1. The molecule has 0 bridgehead atoms. The third-order valence-corrected chi connectivity index (χ3v) is 2.92. The number of rotatable bonds is 2. The van der Waals surface area contributed by atoms with E-state index in [-0.39, 0.29) is 17.4 Å². The standard InChI is InChI=1S/C11H12N4O2/c16-10-8(2-1-4-13-10)11-14-9(15-17-11)7-3-5-12-6-7/h1-2,4,7,12H,3,5-6H2,(H,13,16). The van der Waals surface area contributed by atoms with E-state index in [1.165, 1.54) is 0 Å². The van der Waals surface area contributed by atoms with Gasteiger partial charge in [-0.15, -0.1) is 0 Å². The van der Waals surface area contributed by atoms with Gasteiger partial charge in [-0.2, -0.15) is 4.98 Å². The fourth-order valence-corrected chi connectivity index (χ4v) is 1.98. The highest BCUT2D eigenvalue weighted by Gasteiger charge is 2.22. The summed E-state index contributed by atoms with van der Waals surface area (Å²) in [6.07, 6.45) is 2.58. The largest absolute Gasteiger partial charge is 0.334 e. The molecule has 1 fully saturated rings. The minimum Gasteiger partial charge on any atom is -0.334 e. The lowest BCUT2D eigenvalue weighted by molar-refractivity contribution is 0.417. The molecule has 0 radical (unpaired) electrons. The summed E-state index contributed by atoms with van der Waals surface area (Å²) >= 11 is 0. The summed E-state index contributed by atoms with van der Waals surface area (Å²) in [5.41, 5.74) is 0.199. The zero-order valence-electron chi connectivity index (χ0n) is 9.14. The van der Waals surface area contributed by atoms with Crippen molar-refractivity contribution in [1.29, 1.82) is 0 Å². The summed E-state index contributed by atoms with van der Waals surface area (Å²) in [4.78, 5) is 18.4. The van der Waals surface area contributed by atoms with E-state index in [2.05, 4.69) is 20.4 Å². The van der Waals surface area contributed by atoms with Crippen molar-refractivity contribution >= 4 is 0 Å². The maximum Gasteiger partial charge on any atom is 0.263 e. The predicted octanol–water partition coefficient (Wildman–Crippen LogP) is 0.502. The van der Waals surface area contributed by atoms with Crippen LogP contribution in [0.15, 0.2) is 27.6 Å². The first kappa shape index (κ1) is 10.2. The smallest absolute Gasteiger partial charge is 0.263 e. The highest BCUT2D eigenvalue weighted by atomic mass is 16.5. The first-order chi connectivity index (χ1) is 8.34. The molecular formula is C11H12N4O2. The van der Waals surface area contributed by atoms with E-state index >= 15 is 0 Å². The number of nitrogens with zero attached hydrogens (tertiary/aromatic N) is 2. The SMILES string of the molecule is O=c1[nH]cccc1-c1nc(C2CCNC2)no1. The quantitative estimate of drug-likeness (QED) is 0.787. The van der Waals surface area contributed by atoms with Crippen molar-refractivity contribution in [3.63, 3.8) is 0 Å². The predicted molar refractivity (Wildman–Crippen MR) is 60.6 cm³/mol. The maximum atomic E-state index is 11.6. The Labute approximate surface area is 97.1 Å². The first-order valence-corrected chi connectivity index (χ1v) is 5.57. The molecule has 88 valence electrons. The molecule has 0 aliphatic carbocycles. The Morgan fingerprint density at radius 1 is 1.47 bits per heavy atom. The van der Waals surface area contributed by atoms with Crippen LogP contribution in [-0.2, 0) is 0 Å². The van der Waals surface area contributed by atoms with Crippen molar-refractivity contribution in [2.45, 2.75) is 12.3 Å². The molecule has 1 aliphatic heterocycles. The molecule has 0 amide bonds. The maximum absolute atomic E-state index is 11.6. The third kappa shape index (κ3) is 1.87. The third-order valence-electron chi connectivity index (χ3n) is 2.92. The second-order valence-electron chi connectivity index (χ2n) is 4.06. The lowest BCUT2D eigenvalue weighted by Gasteiger charge is -1.98. The van der Waals surface area contributed by atoms with Gasteiger partial charge in [0.1, 0.15) is 5.56 Å². The summed E-state index contributed by atoms with van der Waals surface area (Å²) < 4.78 is 5.14. The minimum atomic E-state index is -0.216. The van der Waals surface area contributed by atoms with E-state index in [4.69, 9.17) is 4.52 Å². The van der Waals surface area contributed by atoms with E-state index in [0.29, 0.717) is 11.4 Å². The van der Waals surface area contributed by atoms with Crippen LogP contribution < -0.4 is 10.9 Å². The molecule has 17 heavy (non-hydrogen) atoms. The molecule has 2 N–H and O–H groups in total. The van der Waals surface area contributed by atoms with Gasteiger partial charge in [0.05, 0.1) is 0 Å². The number of hydrogen-bond donors (Lipinski definition) is 2. The van der Waals surface area contributed by atoms with Crippen LogP contribution in [0.3, 0.4) is 0 Å². The van der Waals surface area contributed by atoms with Crippen molar-refractivity contribution in [1.82, 2.24) is 20.4 Å². The Hall–Kier alpha value is -1.95. The van der Waals surface area contributed by atoms with Crippen LogP contribution in [0.2, 0.25) is 0 Å². The van der Waals surface area contributed by atoms with Crippen LogP contribution in [0.5, 0.6) is 0 Å². The van der Waals surface area contributed by atoms with Gasteiger partial charge in [0, 0.05) is 18.7 Å². The highest BCUT2D eigenvalue weighted by molar-refractivity contribution is 5.50. The average Bonchev–Trinajstić information content (AvgIpc) is 3.00. The van der Waals surface area contributed by atoms with E-state index < -0.39 is 0 Å². The van der Waals surface area contributed by atoms with E-state index in [1.54, 1.807) is 18.3 Å². The summed E-state index contributed by atoms with van der Waals surface area (Å²) in [6, 6.07) is 3.40. The van der Waals surface area contributed by atoms with Crippen LogP contribution in [0.4, 0.5) is 0 Å². The fraction of sp³-hybridized carbons (Fsp3) is 0.364. The summed E-state index contributed by atoms with van der Waals surface area (Å²) in [6.45, 7) is 1.84. The second kappa shape index (κ2) is 4.14. The van der Waals surface area contributed by atoms with E-state index in [0.717, 1.165) is 19.5 Å². The number of aromatic amines is 1. The Kier molecular flexibility index (Phi) is 2.49. The summed E-state index contributed by atoms with van der Waals surface area (Å²) in [7, 11) is 0. The summed E-state index contributed by atoms with van der Waals surface area (Å²) in [5, 5.41) is 7.18. The molecule has 1 aliphatic rings. The molecule has 6 nitrogen and oxygen atoms in total. The minimum absolute atomic E-state index is 0.216. The van der Waals surface area contributed by atoms with Gasteiger partial charge >= 0.3 is 0 Å². The second-order valence-corrected chi connectivity index (χ2v) is 4.06. The molecule has 1 unspecified atom stereocenters. The fourth-order valence-electron chi connectivity index (χ4n) is 1.98. The van der Waals surface area contributed by atoms with Gasteiger partial charge in [-0.05, 0) is 25.1 Å². The van der Waals surface area contributed by atoms with Gasteiger partial charge in [-0.3, -0.25) is 4.79 Å². The Balaban J connectivity index is 1.95. The van der Waals surface area contributed by atoms with Crippen LogP contribution in [-0.4, -0.2) is 28.2 Å². The molecule has 0 saturated carbocycles. The monoisotopic (exact) mass is 232 g/mol. The molecule has 0 aromatic carbocycles. The number of hydrogen-bond acceptors (Lipinski definition) is 5. The van der Waals surface area contributed by atoms with E-state index in [1.807, 2.05) is 0 Å². The number of aromatic nitrogens is 3. The van der Waals surface area contributed by atoms with Gasteiger partial charge in [0.15, 0.2) is 5.82 Å². The van der Waals surface area contributed by atoms with Crippen molar-refractivity contribution < 1.29 is 4.52 Å². The Morgan fingerprint density at radius 3 is 3.18 bits per heavy atom. The van der Waals surface area contributed by atoms with Crippen molar-refractivity contribution in [2.75, 3.05) is 13.1 Å². The van der Waals surface area contributed by atoms with Gasteiger partial charge in [0.25, 0.3) is 11.4 Å². The zero-order chi connectivity index (χ0) is 11.7. The normalized spacial score (nSPS) is 19.6. The lowest BCUT2D eigenvalue weighted by Crippen LogP contribution is -2.09. The summed E-state index contributed by atoms with van der Waals surface area (Å²) in [5.74, 6) is 1.25. The topological polar surface area (TPSA) is 83.8 Å². The number of pyridine rings is 1. The average molecular weight is 232 g/mol. The molecular weight excluding hydrogens is 220 g/mol. The molecule has 2 aromatic heterocycles. The van der Waals surface area contributed by atoms with Crippen LogP contribution >= 0.6 is 0 Å². The van der Waals surface area contributed by atoms with E-state index in [9.17, 15) is 4.79 Å². The first-order valence-electron chi connectivity index (χ1n) is 5.57. The van der Waals surface area contributed by atoms with Gasteiger partial charge in [0.2, 0.25) is 0 Å². The molecule has 1 saturated heterocycles. The van der Waals surface area contributed by atoms with Crippen molar-refractivity contribution in [2.24, 2.45) is 0 Å². The highest BCUT2D eigenvalue weighted by Crippen LogP contribution is 2.21. The Bertz CT molecular complexity index is 569. The molecule has 3 heterocycles. The molecule has 0 spiro atoms. The number of nitrogens with one attached hydrogen (secondary N) is 2. The molecule has 3 rings (SSSR count). The van der Waals surface area contributed by atoms with Crippen LogP contribution in [0, 0.1) is 0 Å². The van der Waals surface area contributed by atoms with Crippen LogP contribution in [0.1, 0.15) is 18.2 Å². The Morgan fingerprint density at radius 2 is 2.41 bits per heavy atom. The molecule has 2 aromatic rings.